The topological polar surface area (TPSA) is 70.3 Å². The molecule has 4 aromatic rings. The molecule has 3 aromatic heterocycles. The van der Waals surface area contributed by atoms with Crippen LogP contribution in [0.4, 0.5) is 0 Å². The lowest BCUT2D eigenvalue weighted by Crippen LogP contribution is -1.92. The molecule has 0 aliphatic carbocycles. The molecule has 0 unspecified atom stereocenters. The molecule has 116 valence electrons. The lowest BCUT2D eigenvalue weighted by atomic mass is 10.0. The maximum atomic E-state index is 9.40. The van der Waals surface area contributed by atoms with Gasteiger partial charge in [0.25, 0.3) is 0 Å². The minimum atomic E-state index is 0.551. The van der Waals surface area contributed by atoms with Crippen LogP contribution in [0.15, 0.2) is 61.2 Å². The Bertz CT molecular complexity index is 1010. The van der Waals surface area contributed by atoms with Crippen molar-refractivity contribution < 1.29 is 0 Å². The average Bonchev–Trinajstić information content (AvgIpc) is 3.30. The molecular weight excluding hydrogens is 318 g/mol. The minimum Gasteiger partial charge on any atom is -0.285 e. The van der Waals surface area contributed by atoms with Gasteiger partial charge < -0.3 is 0 Å². The number of fused-ring (bicyclic) bond motifs is 1. The average molecular weight is 331 g/mol. The molecule has 0 atom stereocenters. The Morgan fingerprint density at radius 2 is 2.04 bits per heavy atom. The van der Waals surface area contributed by atoms with Gasteiger partial charge in [-0.1, -0.05) is 30.3 Å². The third kappa shape index (κ3) is 2.55. The fourth-order valence-corrected chi connectivity index (χ4v) is 3.56. The van der Waals surface area contributed by atoms with E-state index in [2.05, 4.69) is 33.4 Å². The Hall–Kier alpha value is -3.04. The van der Waals surface area contributed by atoms with Gasteiger partial charge in [0.1, 0.15) is 6.07 Å². The summed E-state index contributed by atoms with van der Waals surface area (Å²) in [4.78, 5) is 4.48. The van der Waals surface area contributed by atoms with E-state index in [0.29, 0.717) is 5.56 Å². The molecule has 3 heterocycles. The maximum Gasteiger partial charge on any atom is 0.150 e. The number of nitrogens with one attached hydrogen (secondary N) is 1. The number of aromatic nitrogens is 4. The van der Waals surface area contributed by atoms with Crippen molar-refractivity contribution in [3.05, 3.63) is 72.3 Å². The van der Waals surface area contributed by atoms with Gasteiger partial charge in [-0.2, -0.15) is 10.4 Å². The van der Waals surface area contributed by atoms with Crippen molar-refractivity contribution in [1.29, 1.82) is 5.26 Å². The van der Waals surface area contributed by atoms with E-state index < -0.39 is 0 Å². The first-order valence-corrected chi connectivity index (χ1v) is 8.37. The van der Waals surface area contributed by atoms with Crippen molar-refractivity contribution in [3.8, 4) is 17.2 Å². The van der Waals surface area contributed by atoms with Gasteiger partial charge in [0.2, 0.25) is 0 Å². The highest BCUT2D eigenvalue weighted by atomic mass is 32.2. The van der Waals surface area contributed by atoms with Gasteiger partial charge in [-0.3, -0.25) is 9.07 Å². The number of hydrogen-bond acceptors (Lipinski definition) is 4. The number of aromatic amines is 1. The molecule has 1 N–H and O–H groups in total. The van der Waals surface area contributed by atoms with Gasteiger partial charge in [-0.25, -0.2) is 4.98 Å². The van der Waals surface area contributed by atoms with Gasteiger partial charge >= 0.3 is 0 Å². The summed E-state index contributed by atoms with van der Waals surface area (Å²) in [6.07, 6.45) is 7.15. The number of benzene rings is 1. The molecule has 1 aromatic carbocycles. The van der Waals surface area contributed by atoms with Crippen LogP contribution in [0, 0.1) is 11.3 Å². The standard InChI is InChI=1S/C18H13N5S/c19-8-14-9-20-18-16(17(14)15-10-21-22-11-15)6-7-23(18)24-12-13-4-2-1-3-5-13/h1-7,9-11H,12H2,(H,21,22). The Labute approximate surface area is 143 Å². The molecule has 0 spiro atoms. The van der Waals surface area contributed by atoms with Crippen LogP contribution in [0.25, 0.3) is 22.2 Å². The second-order valence-corrected chi connectivity index (χ2v) is 6.22. The number of rotatable bonds is 4. The Morgan fingerprint density at radius 1 is 1.17 bits per heavy atom. The van der Waals surface area contributed by atoms with E-state index in [9.17, 15) is 5.26 Å². The molecule has 0 bridgehead atoms. The monoisotopic (exact) mass is 331 g/mol. The second-order valence-electron chi connectivity index (χ2n) is 5.28. The van der Waals surface area contributed by atoms with Crippen molar-refractivity contribution in [2.24, 2.45) is 0 Å². The molecule has 5 nitrogen and oxygen atoms in total. The zero-order valence-corrected chi connectivity index (χ0v) is 13.5. The smallest absolute Gasteiger partial charge is 0.150 e. The number of hydrogen-bond donors (Lipinski definition) is 1. The minimum absolute atomic E-state index is 0.551. The lowest BCUT2D eigenvalue weighted by Gasteiger charge is -2.06. The summed E-state index contributed by atoms with van der Waals surface area (Å²) >= 11 is 1.68. The van der Waals surface area contributed by atoms with Crippen molar-refractivity contribution in [3.63, 3.8) is 0 Å². The van der Waals surface area contributed by atoms with Crippen LogP contribution < -0.4 is 0 Å². The van der Waals surface area contributed by atoms with E-state index in [4.69, 9.17) is 0 Å². The van der Waals surface area contributed by atoms with Gasteiger partial charge in [0, 0.05) is 40.9 Å². The van der Waals surface area contributed by atoms with Crippen molar-refractivity contribution in [2.75, 3.05) is 0 Å². The van der Waals surface area contributed by atoms with Crippen molar-refractivity contribution in [1.82, 2.24) is 19.2 Å². The third-order valence-electron chi connectivity index (χ3n) is 3.80. The molecule has 4 rings (SSSR count). The molecule has 0 radical (unpaired) electrons. The summed E-state index contributed by atoms with van der Waals surface area (Å²) in [6, 6.07) is 14.5. The highest BCUT2D eigenvalue weighted by Gasteiger charge is 2.15. The summed E-state index contributed by atoms with van der Waals surface area (Å²) < 4.78 is 2.05. The van der Waals surface area contributed by atoms with Crippen LogP contribution in [-0.2, 0) is 5.75 Å². The summed E-state index contributed by atoms with van der Waals surface area (Å²) in [6.45, 7) is 0. The van der Waals surface area contributed by atoms with E-state index in [1.807, 2.05) is 34.4 Å². The van der Waals surface area contributed by atoms with E-state index in [1.54, 1.807) is 30.5 Å². The second kappa shape index (κ2) is 6.22. The Balaban J connectivity index is 1.75. The zero-order chi connectivity index (χ0) is 16.4. The largest absolute Gasteiger partial charge is 0.285 e. The third-order valence-corrected chi connectivity index (χ3v) is 4.84. The van der Waals surface area contributed by atoms with Crippen molar-refractivity contribution >= 4 is 23.0 Å². The fraction of sp³-hybridized carbons (Fsp3) is 0.0556. The first-order chi connectivity index (χ1) is 11.9. The fourth-order valence-electron chi connectivity index (χ4n) is 2.67. The van der Waals surface area contributed by atoms with Gasteiger partial charge in [-0.05, 0) is 23.6 Å². The first kappa shape index (κ1) is 14.5. The van der Waals surface area contributed by atoms with Crippen LogP contribution >= 0.6 is 11.9 Å². The van der Waals surface area contributed by atoms with Crippen LogP contribution in [0.1, 0.15) is 11.1 Å². The first-order valence-electron chi connectivity index (χ1n) is 7.43. The Morgan fingerprint density at radius 3 is 2.79 bits per heavy atom. The molecule has 0 amide bonds. The van der Waals surface area contributed by atoms with E-state index in [-0.39, 0.29) is 0 Å². The van der Waals surface area contributed by atoms with E-state index in [0.717, 1.165) is 27.9 Å². The Kier molecular flexibility index (Phi) is 3.77. The van der Waals surface area contributed by atoms with E-state index >= 15 is 0 Å². The summed E-state index contributed by atoms with van der Waals surface area (Å²) in [7, 11) is 0. The number of nitrogens with zero attached hydrogens (tertiary/aromatic N) is 4. The van der Waals surface area contributed by atoms with Crippen LogP contribution in [-0.4, -0.2) is 19.2 Å². The van der Waals surface area contributed by atoms with Crippen LogP contribution in [0.3, 0.4) is 0 Å². The normalized spacial score (nSPS) is 10.8. The van der Waals surface area contributed by atoms with Crippen LogP contribution in [0.2, 0.25) is 0 Å². The van der Waals surface area contributed by atoms with Crippen molar-refractivity contribution in [2.45, 2.75) is 5.75 Å². The van der Waals surface area contributed by atoms with Crippen LogP contribution in [0.5, 0.6) is 0 Å². The highest BCUT2D eigenvalue weighted by molar-refractivity contribution is 7.97. The van der Waals surface area contributed by atoms with Gasteiger partial charge in [0.05, 0.1) is 11.8 Å². The summed E-state index contributed by atoms with van der Waals surface area (Å²) in [5.41, 5.74) is 4.42. The number of H-pyrrole nitrogens is 1. The summed E-state index contributed by atoms with van der Waals surface area (Å²) in [5, 5.41) is 17.2. The predicted octanol–water partition coefficient (Wildman–Crippen LogP) is 3.99. The quantitative estimate of drug-likeness (QED) is 0.614. The summed E-state index contributed by atoms with van der Waals surface area (Å²) in [5.74, 6) is 0.855. The molecule has 0 saturated carbocycles. The van der Waals surface area contributed by atoms with Gasteiger partial charge in [0.15, 0.2) is 5.65 Å². The predicted molar refractivity (Wildman–Crippen MR) is 95.2 cm³/mol. The number of nitriles is 1. The SMILES string of the molecule is N#Cc1cnc2c(ccn2SCc2ccccc2)c1-c1cn[nH]c1. The molecule has 0 fully saturated rings. The molecular formula is C18H13N5S. The molecule has 0 saturated heterocycles. The molecule has 6 heteroatoms. The molecule has 0 aliphatic heterocycles. The highest BCUT2D eigenvalue weighted by Crippen LogP contribution is 2.32. The lowest BCUT2D eigenvalue weighted by molar-refractivity contribution is 1.09. The van der Waals surface area contributed by atoms with E-state index in [1.165, 1.54) is 5.56 Å². The number of pyridine rings is 1. The van der Waals surface area contributed by atoms with Gasteiger partial charge in [-0.15, -0.1) is 0 Å². The molecule has 24 heavy (non-hydrogen) atoms. The maximum absolute atomic E-state index is 9.40. The molecule has 0 aliphatic rings. The zero-order valence-electron chi connectivity index (χ0n) is 12.7.